The van der Waals surface area contributed by atoms with Crippen molar-refractivity contribution in [2.75, 3.05) is 0 Å². The second-order valence-corrected chi connectivity index (χ2v) is 13.9. The van der Waals surface area contributed by atoms with Gasteiger partial charge in [-0.05, 0) is 81.0 Å². The highest BCUT2D eigenvalue weighted by Crippen LogP contribution is 2.33. The Labute approximate surface area is 257 Å². The summed E-state index contributed by atoms with van der Waals surface area (Å²) in [7, 11) is 0. The Morgan fingerprint density at radius 2 is 0.762 bits per heavy atom. The molecule has 0 spiro atoms. The fourth-order valence-corrected chi connectivity index (χ4v) is 5.12. The first-order valence-corrected chi connectivity index (χ1v) is 16.3. The van der Waals surface area contributed by atoms with Crippen LogP contribution in [0.1, 0.15) is 140 Å². The van der Waals surface area contributed by atoms with Crippen LogP contribution in [-0.2, 0) is 12.8 Å². The lowest BCUT2D eigenvalue weighted by atomic mass is 9.97. The number of rotatable bonds is 6. The van der Waals surface area contributed by atoms with Crippen molar-refractivity contribution in [3.63, 3.8) is 0 Å². The highest BCUT2D eigenvalue weighted by Gasteiger charge is 2.18. The van der Waals surface area contributed by atoms with Crippen molar-refractivity contribution in [3.8, 4) is 0 Å². The monoisotopic (exact) mass is 564 g/mol. The summed E-state index contributed by atoms with van der Waals surface area (Å²) in [5.74, 6) is 3.63. The molecule has 2 heterocycles. The maximum atomic E-state index is 4.71. The summed E-state index contributed by atoms with van der Waals surface area (Å²) in [6, 6.07) is 22.4. The van der Waals surface area contributed by atoms with Gasteiger partial charge in [0, 0.05) is 24.3 Å². The molecule has 42 heavy (non-hydrogen) atoms. The SMILES string of the molecule is CC(C)C1=Nc2cc(C(C)C)ccc2C1.CC(C)C1=Nc2ccc(C(C)C)cc2C1.CC(C)c1ccc(C(C)C)cc1. The van der Waals surface area contributed by atoms with Crippen LogP contribution in [0.25, 0.3) is 0 Å². The smallest absolute Gasteiger partial charge is 0.0667 e. The highest BCUT2D eigenvalue weighted by atomic mass is 14.8. The number of hydrogen-bond donors (Lipinski definition) is 0. The molecule has 226 valence electrons. The number of aliphatic imine (C=N–C) groups is 2. The van der Waals surface area contributed by atoms with Crippen molar-refractivity contribution in [3.05, 3.63) is 94.0 Å². The quantitative estimate of drug-likeness (QED) is 0.284. The molecule has 2 heteroatoms. The van der Waals surface area contributed by atoms with Crippen molar-refractivity contribution in [2.45, 2.75) is 120 Å². The summed E-state index contributed by atoms with van der Waals surface area (Å²) in [4.78, 5) is 9.38. The summed E-state index contributed by atoms with van der Waals surface area (Å²) >= 11 is 0. The van der Waals surface area contributed by atoms with Gasteiger partial charge in [0.05, 0.1) is 11.4 Å². The van der Waals surface area contributed by atoms with Gasteiger partial charge in [0.25, 0.3) is 0 Å². The van der Waals surface area contributed by atoms with E-state index in [1.54, 1.807) is 0 Å². The molecule has 0 fully saturated rings. The molecule has 2 nitrogen and oxygen atoms in total. The molecule has 5 rings (SSSR count). The molecule has 0 aliphatic carbocycles. The molecule has 0 saturated carbocycles. The van der Waals surface area contributed by atoms with E-state index in [4.69, 9.17) is 4.99 Å². The van der Waals surface area contributed by atoms with Crippen LogP contribution in [0.3, 0.4) is 0 Å². The largest absolute Gasteiger partial charge is 0.257 e. The average Bonchev–Trinajstić information content (AvgIpc) is 3.57. The van der Waals surface area contributed by atoms with Crippen LogP contribution < -0.4 is 0 Å². The van der Waals surface area contributed by atoms with Gasteiger partial charge in [0.1, 0.15) is 0 Å². The van der Waals surface area contributed by atoms with Gasteiger partial charge in [-0.25, -0.2) is 0 Å². The Morgan fingerprint density at radius 1 is 0.381 bits per heavy atom. The first kappa shape index (κ1) is 33.5. The zero-order valence-corrected chi connectivity index (χ0v) is 28.5. The van der Waals surface area contributed by atoms with E-state index in [0.29, 0.717) is 35.5 Å². The van der Waals surface area contributed by atoms with E-state index in [9.17, 15) is 0 Å². The number of nitrogens with zero attached hydrogens (tertiary/aromatic N) is 2. The Morgan fingerprint density at radius 3 is 1.21 bits per heavy atom. The standard InChI is InChI=1S/2C14H19N.C12H18/c1-9(2)11-5-6-13-12(7-11)8-14(15-13)10(3)4;1-9(2)11-5-6-12-8-13(10(3)4)15-14(12)7-11;1-9(2)11-5-7-12(8-6-11)10(3)4/h2*5-7,9-10H,8H2,1-4H3;5-10H,1-4H3. The van der Waals surface area contributed by atoms with Gasteiger partial charge in [-0.15, -0.1) is 0 Å². The van der Waals surface area contributed by atoms with Crippen LogP contribution in [0.4, 0.5) is 11.4 Å². The zero-order chi connectivity index (χ0) is 31.1. The van der Waals surface area contributed by atoms with E-state index in [-0.39, 0.29) is 0 Å². The van der Waals surface area contributed by atoms with E-state index in [0.717, 1.165) is 12.8 Å². The van der Waals surface area contributed by atoms with Crippen molar-refractivity contribution in [1.82, 2.24) is 0 Å². The van der Waals surface area contributed by atoms with Crippen LogP contribution >= 0.6 is 0 Å². The van der Waals surface area contributed by atoms with E-state index >= 15 is 0 Å². The number of hydrogen-bond acceptors (Lipinski definition) is 2. The summed E-state index contributed by atoms with van der Waals surface area (Å²) in [6.07, 6.45) is 2.10. The third kappa shape index (κ3) is 9.00. The summed E-state index contributed by atoms with van der Waals surface area (Å²) in [5, 5.41) is 0. The third-order valence-electron chi connectivity index (χ3n) is 8.42. The summed E-state index contributed by atoms with van der Waals surface area (Å²) < 4.78 is 0. The lowest BCUT2D eigenvalue weighted by Crippen LogP contribution is -2.06. The Bertz CT molecular complexity index is 1340. The molecule has 2 aliphatic rings. The highest BCUT2D eigenvalue weighted by molar-refractivity contribution is 5.95. The van der Waals surface area contributed by atoms with Crippen LogP contribution in [-0.4, -0.2) is 11.4 Å². The molecule has 0 saturated heterocycles. The van der Waals surface area contributed by atoms with Gasteiger partial charge in [-0.2, -0.15) is 0 Å². The van der Waals surface area contributed by atoms with Gasteiger partial charge >= 0.3 is 0 Å². The van der Waals surface area contributed by atoms with Gasteiger partial charge < -0.3 is 0 Å². The van der Waals surface area contributed by atoms with Crippen LogP contribution in [0.5, 0.6) is 0 Å². The van der Waals surface area contributed by atoms with Crippen LogP contribution in [0.2, 0.25) is 0 Å². The predicted molar refractivity (Wildman–Crippen MR) is 187 cm³/mol. The van der Waals surface area contributed by atoms with Gasteiger partial charge in [-0.3, -0.25) is 9.98 Å². The van der Waals surface area contributed by atoms with Crippen LogP contribution in [0, 0.1) is 11.8 Å². The summed E-state index contributed by atoms with van der Waals surface area (Å²) in [5.41, 5.74) is 13.5. The molecule has 0 aromatic heterocycles. The second kappa shape index (κ2) is 14.9. The van der Waals surface area contributed by atoms with Crippen molar-refractivity contribution in [2.24, 2.45) is 21.8 Å². The lowest BCUT2D eigenvalue weighted by molar-refractivity contribution is 0.845. The molecule has 2 aliphatic heterocycles. The minimum atomic E-state index is 0.569. The predicted octanol–water partition coefficient (Wildman–Crippen LogP) is 12.1. The fraction of sp³-hybridized carbons (Fsp3) is 0.500. The molecule has 0 unspecified atom stereocenters. The maximum Gasteiger partial charge on any atom is 0.0667 e. The van der Waals surface area contributed by atoms with E-state index in [1.165, 1.54) is 56.2 Å². The number of benzene rings is 3. The maximum absolute atomic E-state index is 4.71. The van der Waals surface area contributed by atoms with Crippen molar-refractivity contribution in [1.29, 1.82) is 0 Å². The average molecular weight is 565 g/mol. The van der Waals surface area contributed by atoms with E-state index in [1.807, 2.05) is 0 Å². The normalized spacial score (nSPS) is 13.7. The molecule has 0 radical (unpaired) electrons. The minimum absolute atomic E-state index is 0.569. The van der Waals surface area contributed by atoms with E-state index < -0.39 is 0 Å². The molecule has 0 bridgehead atoms. The van der Waals surface area contributed by atoms with Crippen LogP contribution in [0.15, 0.2) is 70.6 Å². The Hall–Kier alpha value is -3.00. The molecular weight excluding hydrogens is 508 g/mol. The van der Waals surface area contributed by atoms with Gasteiger partial charge in [0.2, 0.25) is 0 Å². The molecule has 3 aromatic carbocycles. The Balaban J connectivity index is 0.000000174. The first-order chi connectivity index (χ1) is 19.8. The molecule has 3 aromatic rings. The fourth-order valence-electron chi connectivity index (χ4n) is 5.12. The first-order valence-electron chi connectivity index (χ1n) is 16.3. The molecular formula is C40H56N2. The van der Waals surface area contributed by atoms with Gasteiger partial charge in [0.15, 0.2) is 0 Å². The second-order valence-electron chi connectivity index (χ2n) is 13.9. The molecule has 0 N–H and O–H groups in total. The molecule has 0 amide bonds. The van der Waals surface area contributed by atoms with Gasteiger partial charge in [-0.1, -0.05) is 132 Å². The number of fused-ring (bicyclic) bond motifs is 2. The van der Waals surface area contributed by atoms with E-state index in [2.05, 4.69) is 149 Å². The topological polar surface area (TPSA) is 24.7 Å². The molecule has 0 atom stereocenters. The minimum Gasteiger partial charge on any atom is -0.257 e. The van der Waals surface area contributed by atoms with Crippen molar-refractivity contribution >= 4 is 22.8 Å². The zero-order valence-electron chi connectivity index (χ0n) is 28.5. The Kier molecular flexibility index (Phi) is 11.9. The lowest BCUT2D eigenvalue weighted by Gasteiger charge is -2.08. The van der Waals surface area contributed by atoms with Crippen molar-refractivity contribution < 1.29 is 0 Å². The third-order valence-corrected chi connectivity index (χ3v) is 8.42. The summed E-state index contributed by atoms with van der Waals surface area (Å²) in [6.45, 7) is 26.7.